The molecule has 2 aromatic carbocycles. The minimum Gasteiger partial charge on any atom is -0.452 e. The maximum atomic E-state index is 12.9. The molecule has 0 N–H and O–H groups in total. The van der Waals surface area contributed by atoms with Crippen LogP contribution in [0.4, 0.5) is 19.2 Å². The van der Waals surface area contributed by atoms with E-state index in [-0.39, 0.29) is 98.2 Å². The van der Waals surface area contributed by atoms with Crippen molar-refractivity contribution in [3.05, 3.63) is 35.4 Å². The van der Waals surface area contributed by atoms with E-state index in [1.54, 1.807) is 0 Å². The monoisotopic (exact) mass is 892 g/mol. The number of hydrogen-bond donors (Lipinski definition) is 0. The molecule has 0 saturated carbocycles. The summed E-state index contributed by atoms with van der Waals surface area (Å²) in [6.07, 6.45) is -4.34. The molecule has 0 aromatic heterocycles. The molecule has 4 saturated heterocycles. The maximum Gasteiger partial charge on any atom is 0.516 e. The van der Waals surface area contributed by atoms with Crippen LogP contribution in [0.1, 0.15) is 51.7 Å². The number of benzene rings is 2. The maximum absolute atomic E-state index is 12.9. The lowest BCUT2D eigenvalue weighted by Crippen LogP contribution is -2.55. The van der Waals surface area contributed by atoms with Crippen molar-refractivity contribution in [3.8, 4) is 34.5 Å². The lowest BCUT2D eigenvalue weighted by atomic mass is 9.69. The molecule has 6 aliphatic heterocycles. The van der Waals surface area contributed by atoms with Gasteiger partial charge < -0.3 is 85.3 Å². The third-order valence-corrected chi connectivity index (χ3v) is 10.2. The van der Waals surface area contributed by atoms with E-state index in [2.05, 4.69) is 0 Å². The second-order valence-electron chi connectivity index (χ2n) is 16.6. The first kappa shape index (κ1) is 44.4. The molecule has 22 heteroatoms. The molecular weight excluding hydrogens is 844 g/mol. The third-order valence-electron chi connectivity index (χ3n) is 10.2. The van der Waals surface area contributed by atoms with Crippen LogP contribution in [0.5, 0.6) is 34.5 Å². The highest BCUT2D eigenvalue weighted by molar-refractivity contribution is 5.72. The first-order valence-electron chi connectivity index (χ1n) is 20.1. The highest BCUT2D eigenvalue weighted by Gasteiger charge is 2.54. The highest BCUT2D eigenvalue weighted by Crippen LogP contribution is 2.56. The Morgan fingerprint density at radius 1 is 0.476 bits per heavy atom. The van der Waals surface area contributed by atoms with Crippen LogP contribution in [0.15, 0.2) is 24.3 Å². The van der Waals surface area contributed by atoms with Gasteiger partial charge in [0.05, 0.1) is 52.9 Å². The predicted molar refractivity (Wildman–Crippen MR) is 203 cm³/mol. The summed E-state index contributed by atoms with van der Waals surface area (Å²) >= 11 is 0. The van der Waals surface area contributed by atoms with E-state index in [1.165, 1.54) is 24.3 Å². The first-order chi connectivity index (χ1) is 30.2. The number of fused-ring (bicyclic) bond motifs is 2. The SMILES string of the molecule is CC1(C)CC2(CC(C)(C)c3cc(OC(=O)OCOCC4CO4)c(OC(=O)OCOCC4CO4)cc3O2)Oc2cc(OC(=O)OCOCC3CO3)c(OC(=O)OCOCC3CO3)cc21. The van der Waals surface area contributed by atoms with E-state index in [9.17, 15) is 19.2 Å². The number of epoxide rings is 4. The van der Waals surface area contributed by atoms with Gasteiger partial charge in [0.15, 0.2) is 50.2 Å². The van der Waals surface area contributed by atoms with Gasteiger partial charge in [-0.3, -0.25) is 0 Å². The van der Waals surface area contributed by atoms with E-state index < -0.39 is 68.4 Å². The summed E-state index contributed by atoms with van der Waals surface area (Å²) in [4.78, 5) is 51.3. The molecule has 8 rings (SSSR count). The Hall–Kier alpha value is -5.20. The van der Waals surface area contributed by atoms with Gasteiger partial charge in [0.2, 0.25) is 0 Å². The molecule has 63 heavy (non-hydrogen) atoms. The van der Waals surface area contributed by atoms with Gasteiger partial charge in [-0.15, -0.1) is 0 Å². The molecule has 6 aliphatic rings. The molecule has 0 bridgehead atoms. The van der Waals surface area contributed by atoms with Crippen LogP contribution in [0.3, 0.4) is 0 Å². The molecule has 4 fully saturated rings. The summed E-state index contributed by atoms with van der Waals surface area (Å²) in [6, 6.07) is 5.75. The summed E-state index contributed by atoms with van der Waals surface area (Å²) in [5.41, 5.74) is -0.388. The molecule has 4 atom stereocenters. The van der Waals surface area contributed by atoms with Gasteiger partial charge in [-0.1, -0.05) is 27.7 Å². The third kappa shape index (κ3) is 12.5. The smallest absolute Gasteiger partial charge is 0.452 e. The summed E-state index contributed by atoms with van der Waals surface area (Å²) in [6.45, 7) is 9.21. The van der Waals surface area contributed by atoms with Crippen molar-refractivity contribution in [1.82, 2.24) is 0 Å². The zero-order valence-electron chi connectivity index (χ0n) is 35.0. The van der Waals surface area contributed by atoms with Crippen molar-refractivity contribution in [3.63, 3.8) is 0 Å². The Labute approximate surface area is 360 Å². The van der Waals surface area contributed by atoms with Crippen molar-refractivity contribution in [2.24, 2.45) is 0 Å². The van der Waals surface area contributed by atoms with Crippen LogP contribution in [-0.2, 0) is 67.7 Å². The fraction of sp³-hybridized carbons (Fsp3) is 0.610. The van der Waals surface area contributed by atoms with Crippen LogP contribution in [-0.4, -0.2) is 135 Å². The summed E-state index contributed by atoms with van der Waals surface area (Å²) in [5, 5.41) is 0. The van der Waals surface area contributed by atoms with Crippen LogP contribution >= 0.6 is 0 Å². The van der Waals surface area contributed by atoms with E-state index in [4.69, 9.17) is 85.3 Å². The average molecular weight is 893 g/mol. The Balaban J connectivity index is 1.03. The molecule has 344 valence electrons. The van der Waals surface area contributed by atoms with Gasteiger partial charge in [-0.25, -0.2) is 19.2 Å². The van der Waals surface area contributed by atoms with Gasteiger partial charge in [-0.05, 0) is 12.1 Å². The van der Waals surface area contributed by atoms with Crippen LogP contribution in [0, 0.1) is 0 Å². The van der Waals surface area contributed by atoms with E-state index in [0.29, 0.717) is 37.6 Å². The van der Waals surface area contributed by atoms with E-state index in [1.807, 2.05) is 27.7 Å². The molecule has 4 unspecified atom stereocenters. The molecular formula is C41H48O22. The quantitative estimate of drug-likeness (QED) is 0.0434. The van der Waals surface area contributed by atoms with Gasteiger partial charge in [0, 0.05) is 46.9 Å². The Morgan fingerprint density at radius 2 is 0.746 bits per heavy atom. The molecule has 0 amide bonds. The summed E-state index contributed by atoms with van der Waals surface area (Å²) < 4.78 is 97.3. The van der Waals surface area contributed by atoms with Gasteiger partial charge in [0.25, 0.3) is 5.79 Å². The largest absolute Gasteiger partial charge is 0.516 e. The standard InChI is InChI=1S/C41H48O22/c1-39(2)17-41(62-29-7-33(60-37(44)56-21-48-11-25-15-52-25)31(5-27(29)39)58-35(42)54-19-46-9-23-13-50-23)18-40(3,4)28-6-32(59-36(43)55-20-47-10-24-14-51-24)34(8-30(28)63-41)61-38(45)57-22-49-12-26-16-53-26/h5-8,23-26H,9-22H2,1-4H3. The Morgan fingerprint density at radius 3 is 1.02 bits per heavy atom. The molecule has 2 aromatic rings. The number of carbonyl (C=O) groups is 4. The van der Waals surface area contributed by atoms with Crippen LogP contribution < -0.4 is 28.4 Å². The zero-order chi connectivity index (χ0) is 44.2. The van der Waals surface area contributed by atoms with E-state index in [0.717, 1.165) is 0 Å². The molecule has 0 radical (unpaired) electrons. The fourth-order valence-corrected chi connectivity index (χ4v) is 7.01. The van der Waals surface area contributed by atoms with Crippen molar-refractivity contribution in [2.75, 3.05) is 80.0 Å². The lowest BCUT2D eigenvalue weighted by Gasteiger charge is -2.51. The van der Waals surface area contributed by atoms with Gasteiger partial charge in [-0.2, -0.15) is 0 Å². The number of carbonyl (C=O) groups excluding carboxylic acids is 4. The summed E-state index contributed by atoms with van der Waals surface area (Å²) in [5.74, 6) is -1.80. The lowest BCUT2D eigenvalue weighted by molar-refractivity contribution is -0.166. The highest BCUT2D eigenvalue weighted by atomic mass is 16.8. The average Bonchev–Trinajstić information content (AvgIpc) is 4.01. The molecule has 0 aliphatic carbocycles. The zero-order valence-corrected chi connectivity index (χ0v) is 35.0. The number of ether oxygens (including phenoxy) is 18. The topological polar surface area (TPSA) is 248 Å². The van der Waals surface area contributed by atoms with Crippen molar-refractivity contribution in [1.29, 1.82) is 0 Å². The Bertz CT molecular complexity index is 1860. The van der Waals surface area contributed by atoms with Gasteiger partial charge in [0.1, 0.15) is 35.9 Å². The Kier molecular flexibility index (Phi) is 13.3. The van der Waals surface area contributed by atoms with Crippen molar-refractivity contribution >= 4 is 24.6 Å². The number of rotatable bonds is 20. The van der Waals surface area contributed by atoms with Crippen molar-refractivity contribution < 1.29 is 104 Å². The number of hydrogen-bond acceptors (Lipinski definition) is 22. The predicted octanol–water partition coefficient (Wildman–Crippen LogP) is 4.76. The van der Waals surface area contributed by atoms with Crippen LogP contribution in [0.25, 0.3) is 0 Å². The van der Waals surface area contributed by atoms with Crippen LogP contribution in [0.2, 0.25) is 0 Å². The molecule has 22 nitrogen and oxygen atoms in total. The van der Waals surface area contributed by atoms with Gasteiger partial charge >= 0.3 is 24.6 Å². The minimum absolute atomic E-state index is 0.0484. The molecule has 1 spiro atoms. The fourth-order valence-electron chi connectivity index (χ4n) is 7.01. The second-order valence-corrected chi connectivity index (χ2v) is 16.6. The van der Waals surface area contributed by atoms with Crippen molar-refractivity contribution in [2.45, 2.75) is 81.6 Å². The summed E-state index contributed by atoms with van der Waals surface area (Å²) in [7, 11) is 0. The van der Waals surface area contributed by atoms with E-state index >= 15 is 0 Å². The second kappa shape index (κ2) is 18.9. The normalized spacial score (nSPS) is 24.8. The minimum atomic E-state index is -1.40. The first-order valence-corrected chi connectivity index (χ1v) is 20.1. The molecule has 6 heterocycles.